The first-order valence-electron chi connectivity index (χ1n) is 13.3. The standard InChI is InChI=1S/C30H32N4O6S/c31-19-21-7-5-6-20(16-21)17-25(32)26(35)12-14-30(29(37)38)13-3-4-15-34(30)28(36)27(33)41(39,40)24-11-10-22-8-1-2-9-23(22)18-24/h1-2,5-11,16,18,25,27H,3-4,12-15,17,32-33H2,(H,37,38)/t25-,27?,30?/m0/s1. The minimum atomic E-state index is -4.36. The quantitative estimate of drug-likeness (QED) is 0.326. The Morgan fingerprint density at radius 3 is 2.44 bits per heavy atom. The first-order valence-corrected chi connectivity index (χ1v) is 14.8. The van der Waals surface area contributed by atoms with Crippen LogP contribution in [0.15, 0.2) is 71.6 Å². The largest absolute Gasteiger partial charge is 0.479 e. The number of carboxylic acid groups (broad SMARTS) is 1. The average molecular weight is 577 g/mol. The molecule has 5 N–H and O–H groups in total. The number of piperidine rings is 1. The van der Waals surface area contributed by atoms with Gasteiger partial charge in [0, 0.05) is 13.0 Å². The maximum atomic E-state index is 13.6. The summed E-state index contributed by atoms with van der Waals surface area (Å²) in [4.78, 5) is 40.1. The highest BCUT2D eigenvalue weighted by molar-refractivity contribution is 7.92. The van der Waals surface area contributed by atoms with Crippen molar-refractivity contribution in [2.45, 2.75) is 60.4 Å². The maximum absolute atomic E-state index is 13.6. The summed E-state index contributed by atoms with van der Waals surface area (Å²) in [6.07, 6.45) is 0.676. The van der Waals surface area contributed by atoms with E-state index in [1.165, 1.54) is 12.1 Å². The van der Waals surface area contributed by atoms with Gasteiger partial charge in [0.25, 0.3) is 5.91 Å². The fourth-order valence-corrected chi connectivity index (χ4v) is 6.61. The highest BCUT2D eigenvalue weighted by atomic mass is 32.2. The predicted molar refractivity (Wildman–Crippen MR) is 152 cm³/mol. The number of carbonyl (C=O) groups excluding carboxylic acids is 2. The molecule has 0 bridgehead atoms. The van der Waals surface area contributed by atoms with Crippen LogP contribution in [0.3, 0.4) is 0 Å². The van der Waals surface area contributed by atoms with E-state index >= 15 is 0 Å². The summed E-state index contributed by atoms with van der Waals surface area (Å²) in [6.45, 7) is -0.00668. The van der Waals surface area contributed by atoms with Crippen LogP contribution in [-0.4, -0.2) is 59.6 Å². The van der Waals surface area contributed by atoms with Crippen LogP contribution in [0.1, 0.15) is 43.2 Å². The molecule has 1 aliphatic rings. The fourth-order valence-electron chi connectivity index (χ4n) is 5.38. The summed E-state index contributed by atoms with van der Waals surface area (Å²) in [5.41, 5.74) is 11.5. The SMILES string of the molecule is N#Cc1cccc(C[C@H](N)C(=O)CCC2(C(=O)O)CCCCN2C(=O)C(N)S(=O)(=O)c2ccc3ccccc3c2)c1. The Kier molecular flexibility index (Phi) is 8.87. The monoisotopic (exact) mass is 576 g/mol. The summed E-state index contributed by atoms with van der Waals surface area (Å²) in [5.74, 6) is -2.76. The lowest BCUT2D eigenvalue weighted by Gasteiger charge is -2.45. The molecule has 41 heavy (non-hydrogen) atoms. The van der Waals surface area contributed by atoms with E-state index in [0.717, 1.165) is 10.3 Å². The van der Waals surface area contributed by atoms with Gasteiger partial charge in [0.15, 0.2) is 5.37 Å². The van der Waals surface area contributed by atoms with Crippen LogP contribution >= 0.6 is 0 Å². The minimum absolute atomic E-state index is 0.00668. The van der Waals surface area contributed by atoms with Gasteiger partial charge in [-0.15, -0.1) is 0 Å². The molecule has 1 amide bonds. The zero-order valence-electron chi connectivity index (χ0n) is 22.4. The van der Waals surface area contributed by atoms with E-state index in [2.05, 4.69) is 0 Å². The second-order valence-corrected chi connectivity index (χ2v) is 12.4. The number of ketones is 1. The molecule has 0 aliphatic carbocycles. The Labute approximate surface area is 238 Å². The molecule has 0 spiro atoms. The number of Topliss-reactive ketones (excluding diaryl/α,β-unsaturated/α-hetero) is 1. The molecule has 11 heteroatoms. The van der Waals surface area contributed by atoms with Crippen molar-refractivity contribution < 1.29 is 27.9 Å². The molecular formula is C30H32N4O6S. The molecule has 0 saturated carbocycles. The topological polar surface area (TPSA) is 185 Å². The molecule has 3 atom stereocenters. The van der Waals surface area contributed by atoms with Gasteiger partial charge in [-0.05, 0) is 72.7 Å². The Balaban J connectivity index is 1.53. The number of aliphatic carboxylic acids is 1. The number of hydrogen-bond donors (Lipinski definition) is 3. The lowest BCUT2D eigenvalue weighted by Crippen LogP contribution is -2.63. The van der Waals surface area contributed by atoms with E-state index in [1.54, 1.807) is 42.5 Å². The molecule has 214 valence electrons. The zero-order valence-corrected chi connectivity index (χ0v) is 23.2. The molecule has 1 aliphatic heterocycles. The van der Waals surface area contributed by atoms with Crippen LogP contribution in [0, 0.1) is 11.3 Å². The smallest absolute Gasteiger partial charge is 0.329 e. The molecule has 10 nitrogen and oxygen atoms in total. The third-order valence-corrected chi connectivity index (χ3v) is 9.52. The van der Waals surface area contributed by atoms with E-state index < -0.39 is 44.5 Å². The van der Waals surface area contributed by atoms with Gasteiger partial charge < -0.3 is 21.5 Å². The molecular weight excluding hydrogens is 544 g/mol. The number of nitrogens with two attached hydrogens (primary N) is 2. The average Bonchev–Trinajstić information content (AvgIpc) is 2.98. The van der Waals surface area contributed by atoms with Crippen LogP contribution in [0.2, 0.25) is 0 Å². The van der Waals surface area contributed by atoms with Crippen molar-refractivity contribution in [3.05, 3.63) is 77.9 Å². The van der Waals surface area contributed by atoms with E-state index in [-0.39, 0.29) is 37.1 Å². The number of benzene rings is 3. The van der Waals surface area contributed by atoms with Gasteiger partial charge in [-0.1, -0.05) is 42.5 Å². The van der Waals surface area contributed by atoms with Crippen molar-refractivity contribution in [1.29, 1.82) is 5.26 Å². The molecule has 1 saturated heterocycles. The number of amides is 1. The van der Waals surface area contributed by atoms with Gasteiger partial charge in [0.05, 0.1) is 22.6 Å². The van der Waals surface area contributed by atoms with Crippen molar-refractivity contribution in [2.75, 3.05) is 6.54 Å². The molecule has 0 radical (unpaired) electrons. The van der Waals surface area contributed by atoms with Crippen LogP contribution in [-0.2, 0) is 30.6 Å². The normalized spacial score (nSPS) is 18.8. The molecule has 0 aromatic heterocycles. The number of fused-ring (bicyclic) bond motifs is 1. The summed E-state index contributed by atoms with van der Waals surface area (Å²) < 4.78 is 26.8. The molecule has 1 heterocycles. The van der Waals surface area contributed by atoms with Crippen molar-refractivity contribution in [2.24, 2.45) is 11.5 Å². The van der Waals surface area contributed by atoms with Gasteiger partial charge in [-0.2, -0.15) is 5.26 Å². The first kappa shape index (κ1) is 29.9. The van der Waals surface area contributed by atoms with Crippen molar-refractivity contribution in [3.8, 4) is 6.07 Å². The van der Waals surface area contributed by atoms with Gasteiger partial charge in [0.2, 0.25) is 9.84 Å². The van der Waals surface area contributed by atoms with E-state index in [0.29, 0.717) is 29.4 Å². The summed E-state index contributed by atoms with van der Waals surface area (Å²) in [7, 11) is -4.36. The molecule has 3 aromatic rings. The molecule has 2 unspecified atom stereocenters. The number of carbonyl (C=O) groups is 3. The van der Waals surface area contributed by atoms with Gasteiger partial charge >= 0.3 is 5.97 Å². The number of rotatable bonds is 10. The van der Waals surface area contributed by atoms with E-state index in [4.69, 9.17) is 16.7 Å². The zero-order chi connectivity index (χ0) is 29.8. The number of likely N-dealkylation sites (tertiary alicyclic amines) is 1. The van der Waals surface area contributed by atoms with Gasteiger partial charge in [0.1, 0.15) is 11.3 Å². The third-order valence-electron chi connectivity index (χ3n) is 7.74. The summed E-state index contributed by atoms with van der Waals surface area (Å²) >= 11 is 0. The van der Waals surface area contributed by atoms with Crippen molar-refractivity contribution in [1.82, 2.24) is 4.90 Å². The number of carboxylic acids is 1. The van der Waals surface area contributed by atoms with E-state index in [9.17, 15) is 27.9 Å². The van der Waals surface area contributed by atoms with Crippen LogP contribution < -0.4 is 11.5 Å². The number of nitriles is 1. The van der Waals surface area contributed by atoms with Gasteiger partial charge in [-0.3, -0.25) is 9.59 Å². The Bertz CT molecular complexity index is 1630. The lowest BCUT2D eigenvalue weighted by atomic mass is 9.81. The number of hydrogen-bond acceptors (Lipinski definition) is 8. The second-order valence-electron chi connectivity index (χ2n) is 10.3. The van der Waals surface area contributed by atoms with Crippen molar-refractivity contribution in [3.63, 3.8) is 0 Å². The van der Waals surface area contributed by atoms with Crippen LogP contribution in [0.4, 0.5) is 0 Å². The Hall–Kier alpha value is -4.11. The van der Waals surface area contributed by atoms with Crippen LogP contribution in [0.5, 0.6) is 0 Å². The Morgan fingerprint density at radius 2 is 1.73 bits per heavy atom. The highest BCUT2D eigenvalue weighted by Crippen LogP contribution is 2.35. The third kappa shape index (κ3) is 6.15. The summed E-state index contributed by atoms with van der Waals surface area (Å²) in [5, 5.41) is 18.9. The van der Waals surface area contributed by atoms with Crippen molar-refractivity contribution >= 4 is 38.3 Å². The predicted octanol–water partition coefficient (Wildman–Crippen LogP) is 2.53. The summed E-state index contributed by atoms with van der Waals surface area (Å²) in [6, 6.07) is 19.3. The van der Waals surface area contributed by atoms with Crippen LogP contribution in [0.25, 0.3) is 10.8 Å². The highest BCUT2D eigenvalue weighted by Gasteiger charge is 2.50. The first-order chi connectivity index (χ1) is 19.5. The minimum Gasteiger partial charge on any atom is -0.479 e. The van der Waals surface area contributed by atoms with Gasteiger partial charge in [-0.25, -0.2) is 13.2 Å². The lowest BCUT2D eigenvalue weighted by molar-refractivity contribution is -0.163. The number of nitrogens with zero attached hydrogens (tertiary/aromatic N) is 2. The fraction of sp³-hybridized carbons (Fsp3) is 0.333. The van der Waals surface area contributed by atoms with E-state index in [1.807, 2.05) is 18.2 Å². The molecule has 3 aromatic carbocycles. The molecule has 4 rings (SSSR count). The second kappa shape index (κ2) is 12.2. The Morgan fingerprint density at radius 1 is 1.00 bits per heavy atom. The maximum Gasteiger partial charge on any atom is 0.329 e. The molecule has 1 fully saturated rings. The number of sulfone groups is 1.